The van der Waals surface area contributed by atoms with Crippen LogP contribution in [0.5, 0.6) is 0 Å². The Morgan fingerprint density at radius 3 is 2.75 bits per heavy atom. The van der Waals surface area contributed by atoms with E-state index in [2.05, 4.69) is 12.2 Å². The molecule has 4 heteroatoms. The maximum atomic E-state index is 11.8. The number of rotatable bonds is 5. The summed E-state index contributed by atoms with van der Waals surface area (Å²) in [6, 6.07) is 0. The van der Waals surface area contributed by atoms with Crippen LogP contribution in [0.15, 0.2) is 11.8 Å². The third-order valence-electron chi connectivity index (χ3n) is 2.60. The third-order valence-corrected chi connectivity index (χ3v) is 2.60. The number of allylic oxidation sites excluding steroid dienone is 1. The summed E-state index contributed by atoms with van der Waals surface area (Å²) in [5.74, 6) is 0.0878. The Labute approximate surface area is 97.6 Å². The Morgan fingerprint density at radius 1 is 1.44 bits per heavy atom. The van der Waals surface area contributed by atoms with Crippen LogP contribution in [-0.2, 0) is 9.53 Å². The van der Waals surface area contributed by atoms with Crippen molar-refractivity contribution in [2.24, 2.45) is 0 Å². The fourth-order valence-corrected chi connectivity index (χ4v) is 1.57. The lowest BCUT2D eigenvalue weighted by Gasteiger charge is -2.25. The van der Waals surface area contributed by atoms with Gasteiger partial charge in [-0.15, -0.1) is 0 Å². The summed E-state index contributed by atoms with van der Waals surface area (Å²) in [5.41, 5.74) is 0.949. The first-order valence-corrected chi connectivity index (χ1v) is 6.03. The van der Waals surface area contributed by atoms with Gasteiger partial charge in [-0.05, 0) is 13.3 Å². The predicted octanol–water partition coefficient (Wildman–Crippen LogP) is 1.14. The van der Waals surface area contributed by atoms with Crippen molar-refractivity contribution >= 4 is 5.91 Å². The highest BCUT2D eigenvalue weighted by Gasteiger charge is 2.14. The van der Waals surface area contributed by atoms with Gasteiger partial charge in [0.2, 0.25) is 5.91 Å². The first-order chi connectivity index (χ1) is 7.74. The Hall–Kier alpha value is -1.03. The van der Waals surface area contributed by atoms with Crippen LogP contribution in [0.3, 0.4) is 0 Å². The van der Waals surface area contributed by atoms with Gasteiger partial charge in [0.05, 0.1) is 13.2 Å². The molecule has 1 heterocycles. The maximum absolute atomic E-state index is 11.8. The number of ether oxygens (including phenoxy) is 1. The zero-order chi connectivity index (χ0) is 11.8. The summed E-state index contributed by atoms with van der Waals surface area (Å²) in [6.07, 6.45) is 3.98. The lowest BCUT2D eigenvalue weighted by molar-refractivity contribution is -0.130. The van der Waals surface area contributed by atoms with Crippen LogP contribution >= 0.6 is 0 Å². The molecule has 0 atom stereocenters. The molecule has 16 heavy (non-hydrogen) atoms. The molecule has 1 aliphatic rings. The quantitative estimate of drug-likeness (QED) is 0.564. The van der Waals surface area contributed by atoms with Gasteiger partial charge in [-0.3, -0.25) is 4.79 Å². The van der Waals surface area contributed by atoms with E-state index in [0.717, 1.165) is 25.1 Å². The van der Waals surface area contributed by atoms with Gasteiger partial charge in [-0.1, -0.05) is 13.3 Å². The topological polar surface area (TPSA) is 41.6 Å². The molecule has 1 aliphatic heterocycles. The maximum Gasteiger partial charge on any atom is 0.248 e. The minimum Gasteiger partial charge on any atom is -0.388 e. The molecule has 1 N–H and O–H groups in total. The molecule has 0 aromatic carbocycles. The molecular weight excluding hydrogens is 204 g/mol. The second kappa shape index (κ2) is 7.28. The molecular formula is C12H22N2O2. The van der Waals surface area contributed by atoms with Crippen LogP contribution in [0.25, 0.3) is 0 Å². The van der Waals surface area contributed by atoms with E-state index in [9.17, 15) is 4.79 Å². The summed E-state index contributed by atoms with van der Waals surface area (Å²) in [7, 11) is 0. The van der Waals surface area contributed by atoms with E-state index in [1.807, 2.05) is 11.8 Å². The molecule has 0 aromatic rings. The number of amides is 1. The van der Waals surface area contributed by atoms with Gasteiger partial charge >= 0.3 is 0 Å². The molecule has 1 amide bonds. The molecule has 1 saturated heterocycles. The van der Waals surface area contributed by atoms with Crippen molar-refractivity contribution in [3.05, 3.63) is 11.8 Å². The van der Waals surface area contributed by atoms with Crippen LogP contribution in [-0.4, -0.2) is 43.7 Å². The molecule has 92 valence electrons. The summed E-state index contributed by atoms with van der Waals surface area (Å²) in [5, 5.41) is 3.24. The van der Waals surface area contributed by atoms with Gasteiger partial charge in [-0.25, -0.2) is 0 Å². The summed E-state index contributed by atoms with van der Waals surface area (Å²) in [4.78, 5) is 13.6. The zero-order valence-corrected chi connectivity index (χ0v) is 10.3. The fourth-order valence-electron chi connectivity index (χ4n) is 1.57. The summed E-state index contributed by atoms with van der Waals surface area (Å²) < 4.78 is 5.20. The lowest BCUT2D eigenvalue weighted by Crippen LogP contribution is -2.40. The lowest BCUT2D eigenvalue weighted by atomic mass is 10.3. The predicted molar refractivity (Wildman–Crippen MR) is 64.1 cm³/mol. The third kappa shape index (κ3) is 4.66. The number of unbranched alkanes of at least 4 members (excludes halogenated alkanes) is 1. The highest BCUT2D eigenvalue weighted by atomic mass is 16.5. The van der Waals surface area contributed by atoms with Gasteiger partial charge in [0.15, 0.2) is 0 Å². The Balaban J connectivity index is 2.32. The molecule has 0 unspecified atom stereocenters. The highest BCUT2D eigenvalue weighted by Crippen LogP contribution is 2.00. The summed E-state index contributed by atoms with van der Waals surface area (Å²) in [6.45, 7) is 7.75. The molecule has 0 aromatic heterocycles. The van der Waals surface area contributed by atoms with Crippen molar-refractivity contribution in [1.29, 1.82) is 0 Å². The smallest absolute Gasteiger partial charge is 0.248 e. The van der Waals surface area contributed by atoms with Crippen molar-refractivity contribution in [3.8, 4) is 0 Å². The average Bonchev–Trinajstić information content (AvgIpc) is 2.30. The number of carbonyl (C=O) groups is 1. The van der Waals surface area contributed by atoms with Gasteiger partial charge in [-0.2, -0.15) is 0 Å². The van der Waals surface area contributed by atoms with Crippen LogP contribution in [0, 0.1) is 0 Å². The Bertz CT molecular complexity index is 245. The average molecular weight is 226 g/mol. The first-order valence-electron chi connectivity index (χ1n) is 6.03. The van der Waals surface area contributed by atoms with Gasteiger partial charge in [0, 0.05) is 31.4 Å². The number of morpholine rings is 1. The van der Waals surface area contributed by atoms with E-state index >= 15 is 0 Å². The fraction of sp³-hybridized carbons (Fsp3) is 0.750. The second-order valence-electron chi connectivity index (χ2n) is 4.05. The largest absolute Gasteiger partial charge is 0.388 e. The number of carbonyl (C=O) groups excluding carboxylic acids is 1. The molecule has 0 saturated carbocycles. The SMILES string of the molecule is CCCCN/C(C)=C\C(=O)N1CCOCC1. The number of hydrogen-bond acceptors (Lipinski definition) is 3. The number of nitrogens with one attached hydrogen (secondary N) is 1. The second-order valence-corrected chi connectivity index (χ2v) is 4.05. The van der Waals surface area contributed by atoms with E-state index in [4.69, 9.17) is 4.74 Å². The van der Waals surface area contributed by atoms with Gasteiger partial charge < -0.3 is 15.0 Å². The molecule has 4 nitrogen and oxygen atoms in total. The van der Waals surface area contributed by atoms with E-state index in [1.54, 1.807) is 6.08 Å². The summed E-state index contributed by atoms with van der Waals surface area (Å²) >= 11 is 0. The normalized spacial score (nSPS) is 17.4. The van der Waals surface area contributed by atoms with Crippen molar-refractivity contribution in [2.75, 3.05) is 32.8 Å². The highest BCUT2D eigenvalue weighted by molar-refractivity contribution is 5.88. The number of hydrogen-bond donors (Lipinski definition) is 1. The zero-order valence-electron chi connectivity index (χ0n) is 10.3. The molecule has 0 radical (unpaired) electrons. The van der Waals surface area contributed by atoms with Crippen LogP contribution in [0.2, 0.25) is 0 Å². The Kier molecular flexibility index (Phi) is 5.93. The van der Waals surface area contributed by atoms with Gasteiger partial charge in [0.1, 0.15) is 0 Å². The standard InChI is InChI=1S/C12H22N2O2/c1-3-4-5-13-11(2)10-12(15)14-6-8-16-9-7-14/h10,13H,3-9H2,1-2H3/b11-10-. The Morgan fingerprint density at radius 2 is 2.12 bits per heavy atom. The van der Waals surface area contributed by atoms with Crippen molar-refractivity contribution in [1.82, 2.24) is 10.2 Å². The molecule has 1 fully saturated rings. The van der Waals surface area contributed by atoms with E-state index in [1.165, 1.54) is 0 Å². The van der Waals surface area contributed by atoms with E-state index < -0.39 is 0 Å². The minimum atomic E-state index is 0.0878. The van der Waals surface area contributed by atoms with Crippen molar-refractivity contribution in [2.45, 2.75) is 26.7 Å². The van der Waals surface area contributed by atoms with Gasteiger partial charge in [0.25, 0.3) is 0 Å². The number of nitrogens with zero attached hydrogens (tertiary/aromatic N) is 1. The monoisotopic (exact) mass is 226 g/mol. The first kappa shape index (κ1) is 13.0. The van der Waals surface area contributed by atoms with Crippen LogP contribution in [0.4, 0.5) is 0 Å². The van der Waals surface area contributed by atoms with Crippen molar-refractivity contribution in [3.63, 3.8) is 0 Å². The minimum absolute atomic E-state index is 0.0878. The van der Waals surface area contributed by atoms with E-state index in [-0.39, 0.29) is 5.91 Å². The van der Waals surface area contributed by atoms with E-state index in [0.29, 0.717) is 26.3 Å². The molecule has 0 aliphatic carbocycles. The van der Waals surface area contributed by atoms with Crippen LogP contribution in [0.1, 0.15) is 26.7 Å². The molecule has 0 bridgehead atoms. The molecule has 1 rings (SSSR count). The van der Waals surface area contributed by atoms with Crippen LogP contribution < -0.4 is 5.32 Å². The molecule has 0 spiro atoms. The van der Waals surface area contributed by atoms with Crippen molar-refractivity contribution < 1.29 is 9.53 Å².